The smallest absolute Gasteiger partial charge is 0.254 e. The lowest BCUT2D eigenvalue weighted by molar-refractivity contribution is 0.0664. The van der Waals surface area contributed by atoms with Gasteiger partial charge < -0.3 is 20.1 Å². The standard InChI is InChI=1S/C14H18N2O3/c1-9-7-16(5-4-11(9)15)14(17)10-2-3-12-13(6-10)19-8-18-12/h2-3,6,9,11H,4-5,7-8,15H2,1H3. The molecule has 2 heterocycles. The number of hydrogen-bond acceptors (Lipinski definition) is 4. The lowest BCUT2D eigenvalue weighted by Gasteiger charge is -2.35. The summed E-state index contributed by atoms with van der Waals surface area (Å²) in [7, 11) is 0. The lowest BCUT2D eigenvalue weighted by atomic mass is 9.94. The van der Waals surface area contributed by atoms with Gasteiger partial charge in [0, 0.05) is 24.7 Å². The summed E-state index contributed by atoms with van der Waals surface area (Å²) in [4.78, 5) is 14.3. The summed E-state index contributed by atoms with van der Waals surface area (Å²) in [5.74, 6) is 1.72. The molecule has 2 N–H and O–H groups in total. The number of carbonyl (C=O) groups excluding carboxylic acids is 1. The number of nitrogens with zero attached hydrogens (tertiary/aromatic N) is 1. The molecule has 1 fully saturated rings. The Balaban J connectivity index is 1.77. The largest absolute Gasteiger partial charge is 0.454 e. The molecular formula is C14H18N2O3. The topological polar surface area (TPSA) is 64.8 Å². The highest BCUT2D eigenvalue weighted by molar-refractivity contribution is 5.95. The number of carbonyl (C=O) groups is 1. The zero-order chi connectivity index (χ0) is 13.4. The van der Waals surface area contributed by atoms with Crippen LogP contribution in [0.4, 0.5) is 0 Å². The van der Waals surface area contributed by atoms with Crippen LogP contribution in [0.15, 0.2) is 18.2 Å². The molecule has 0 aromatic heterocycles. The first-order valence-electron chi connectivity index (χ1n) is 6.59. The molecule has 0 spiro atoms. The van der Waals surface area contributed by atoms with Gasteiger partial charge in [0.2, 0.25) is 6.79 Å². The van der Waals surface area contributed by atoms with E-state index in [1.54, 1.807) is 18.2 Å². The third-order valence-electron chi connectivity index (χ3n) is 3.88. The molecule has 0 saturated carbocycles. The Bertz CT molecular complexity index is 503. The first kappa shape index (κ1) is 12.3. The van der Waals surface area contributed by atoms with E-state index in [-0.39, 0.29) is 18.7 Å². The lowest BCUT2D eigenvalue weighted by Crippen LogP contribution is -2.48. The minimum atomic E-state index is 0.0389. The number of fused-ring (bicyclic) bond motifs is 1. The third kappa shape index (κ3) is 2.26. The molecular weight excluding hydrogens is 244 g/mol. The predicted molar refractivity (Wildman–Crippen MR) is 70.2 cm³/mol. The van der Waals surface area contributed by atoms with Crippen molar-refractivity contribution in [3.8, 4) is 11.5 Å². The molecule has 2 aliphatic heterocycles. The van der Waals surface area contributed by atoms with E-state index in [0.717, 1.165) is 13.0 Å². The van der Waals surface area contributed by atoms with Crippen LogP contribution < -0.4 is 15.2 Å². The van der Waals surface area contributed by atoms with Crippen LogP contribution in [0.25, 0.3) is 0 Å². The van der Waals surface area contributed by atoms with Crippen molar-refractivity contribution in [2.45, 2.75) is 19.4 Å². The Labute approximate surface area is 112 Å². The van der Waals surface area contributed by atoms with Crippen LogP contribution in [0.5, 0.6) is 11.5 Å². The second-order valence-electron chi connectivity index (χ2n) is 5.25. The van der Waals surface area contributed by atoms with E-state index in [4.69, 9.17) is 15.2 Å². The summed E-state index contributed by atoms with van der Waals surface area (Å²) in [6, 6.07) is 5.52. The Kier molecular flexibility index (Phi) is 3.06. The van der Waals surface area contributed by atoms with Gasteiger partial charge in [0.1, 0.15) is 0 Å². The molecule has 5 heteroatoms. The number of amides is 1. The van der Waals surface area contributed by atoms with E-state index in [1.807, 2.05) is 4.90 Å². The van der Waals surface area contributed by atoms with Crippen LogP contribution in [0.3, 0.4) is 0 Å². The molecule has 2 aliphatic rings. The van der Waals surface area contributed by atoms with Crippen LogP contribution in [0.2, 0.25) is 0 Å². The average molecular weight is 262 g/mol. The van der Waals surface area contributed by atoms with Crippen molar-refractivity contribution in [2.24, 2.45) is 11.7 Å². The zero-order valence-corrected chi connectivity index (χ0v) is 11.0. The number of piperidine rings is 1. The molecule has 5 nitrogen and oxygen atoms in total. The van der Waals surface area contributed by atoms with Gasteiger partial charge in [-0.2, -0.15) is 0 Å². The summed E-state index contributed by atoms with van der Waals surface area (Å²) in [6.07, 6.45) is 0.859. The maximum Gasteiger partial charge on any atom is 0.254 e. The highest BCUT2D eigenvalue weighted by Gasteiger charge is 2.27. The SMILES string of the molecule is CC1CN(C(=O)c2ccc3c(c2)OCO3)CCC1N. The van der Waals surface area contributed by atoms with Crippen molar-refractivity contribution >= 4 is 5.91 Å². The Morgan fingerprint density at radius 2 is 2.16 bits per heavy atom. The second kappa shape index (κ2) is 4.74. The molecule has 1 aromatic carbocycles. The number of ether oxygens (including phenoxy) is 2. The quantitative estimate of drug-likeness (QED) is 0.826. The minimum Gasteiger partial charge on any atom is -0.454 e. The Morgan fingerprint density at radius 1 is 1.37 bits per heavy atom. The van der Waals surface area contributed by atoms with Gasteiger partial charge in [-0.1, -0.05) is 6.92 Å². The monoisotopic (exact) mass is 262 g/mol. The molecule has 19 heavy (non-hydrogen) atoms. The average Bonchev–Trinajstić information content (AvgIpc) is 2.88. The number of benzene rings is 1. The van der Waals surface area contributed by atoms with Crippen molar-refractivity contribution in [1.29, 1.82) is 0 Å². The molecule has 1 saturated heterocycles. The van der Waals surface area contributed by atoms with Crippen molar-refractivity contribution in [2.75, 3.05) is 19.9 Å². The van der Waals surface area contributed by atoms with Crippen molar-refractivity contribution in [3.63, 3.8) is 0 Å². The third-order valence-corrected chi connectivity index (χ3v) is 3.88. The van der Waals surface area contributed by atoms with Gasteiger partial charge in [0.25, 0.3) is 5.91 Å². The summed E-state index contributed by atoms with van der Waals surface area (Å²) < 4.78 is 10.5. The number of hydrogen-bond donors (Lipinski definition) is 1. The molecule has 2 unspecified atom stereocenters. The maximum absolute atomic E-state index is 12.4. The van der Waals surface area contributed by atoms with Gasteiger partial charge in [0.05, 0.1) is 0 Å². The number of nitrogens with two attached hydrogens (primary N) is 1. The van der Waals surface area contributed by atoms with Crippen LogP contribution in [0, 0.1) is 5.92 Å². The predicted octanol–water partition coefficient (Wildman–Crippen LogP) is 1.22. The van der Waals surface area contributed by atoms with E-state index in [9.17, 15) is 4.79 Å². The van der Waals surface area contributed by atoms with Crippen LogP contribution in [-0.4, -0.2) is 36.7 Å². The van der Waals surface area contributed by atoms with Crippen LogP contribution in [-0.2, 0) is 0 Å². The summed E-state index contributed by atoms with van der Waals surface area (Å²) >= 11 is 0. The maximum atomic E-state index is 12.4. The van der Waals surface area contributed by atoms with Crippen molar-refractivity contribution in [1.82, 2.24) is 4.90 Å². The van der Waals surface area contributed by atoms with Gasteiger partial charge in [-0.25, -0.2) is 0 Å². The highest BCUT2D eigenvalue weighted by atomic mass is 16.7. The fourth-order valence-corrected chi connectivity index (χ4v) is 2.56. The zero-order valence-electron chi connectivity index (χ0n) is 11.0. The van der Waals surface area contributed by atoms with Gasteiger partial charge in [-0.05, 0) is 30.5 Å². The second-order valence-corrected chi connectivity index (χ2v) is 5.25. The molecule has 1 aromatic rings. The Morgan fingerprint density at radius 3 is 2.95 bits per heavy atom. The van der Waals surface area contributed by atoms with Gasteiger partial charge in [-0.3, -0.25) is 4.79 Å². The molecule has 102 valence electrons. The molecule has 2 atom stereocenters. The fourth-order valence-electron chi connectivity index (χ4n) is 2.56. The van der Waals surface area contributed by atoms with E-state index < -0.39 is 0 Å². The number of rotatable bonds is 1. The first-order chi connectivity index (χ1) is 9.15. The van der Waals surface area contributed by atoms with Gasteiger partial charge in [0.15, 0.2) is 11.5 Å². The van der Waals surface area contributed by atoms with Gasteiger partial charge >= 0.3 is 0 Å². The van der Waals surface area contributed by atoms with E-state index in [0.29, 0.717) is 29.5 Å². The fraction of sp³-hybridized carbons (Fsp3) is 0.500. The van der Waals surface area contributed by atoms with Crippen molar-refractivity contribution < 1.29 is 14.3 Å². The van der Waals surface area contributed by atoms with E-state index >= 15 is 0 Å². The molecule has 0 bridgehead atoms. The van der Waals surface area contributed by atoms with E-state index in [1.165, 1.54) is 0 Å². The molecule has 3 rings (SSSR count). The molecule has 0 aliphatic carbocycles. The normalized spacial score (nSPS) is 25.5. The molecule has 0 radical (unpaired) electrons. The van der Waals surface area contributed by atoms with Crippen molar-refractivity contribution in [3.05, 3.63) is 23.8 Å². The number of likely N-dealkylation sites (tertiary alicyclic amines) is 1. The summed E-state index contributed by atoms with van der Waals surface area (Å²) in [5, 5.41) is 0. The highest BCUT2D eigenvalue weighted by Crippen LogP contribution is 2.33. The molecule has 1 amide bonds. The van der Waals surface area contributed by atoms with Gasteiger partial charge in [-0.15, -0.1) is 0 Å². The van der Waals surface area contributed by atoms with Crippen LogP contribution in [0.1, 0.15) is 23.7 Å². The summed E-state index contributed by atoms with van der Waals surface area (Å²) in [6.45, 7) is 3.75. The van der Waals surface area contributed by atoms with Crippen LogP contribution >= 0.6 is 0 Å². The minimum absolute atomic E-state index is 0.0389. The Hall–Kier alpha value is -1.75. The first-order valence-corrected chi connectivity index (χ1v) is 6.59. The van der Waals surface area contributed by atoms with E-state index in [2.05, 4.69) is 6.92 Å². The summed E-state index contributed by atoms with van der Waals surface area (Å²) in [5.41, 5.74) is 6.62.